The van der Waals surface area contributed by atoms with Crippen LogP contribution in [0, 0.1) is 11.8 Å². The molecule has 2 saturated carbocycles. The van der Waals surface area contributed by atoms with Crippen molar-refractivity contribution in [3.8, 4) is 0 Å². The Morgan fingerprint density at radius 2 is 1.40 bits per heavy atom. The Hall–Kier alpha value is -0.0600. The van der Waals surface area contributed by atoms with Crippen molar-refractivity contribution in [1.82, 2.24) is 0 Å². The maximum Gasteiger partial charge on any atom is 0.256 e. The predicted molar refractivity (Wildman–Crippen MR) is 68.6 cm³/mol. The monoisotopic (exact) mass is 318 g/mol. The van der Waals surface area contributed by atoms with Crippen LogP contribution in [-0.4, -0.2) is 29.8 Å². The van der Waals surface area contributed by atoms with Gasteiger partial charge >= 0.3 is 0 Å². The minimum Gasteiger partial charge on any atom is -0.247 e. The molecule has 0 spiro atoms. The minimum atomic E-state index is -3.39. The SMILES string of the molecule is FC1CCC(CC(F)(F)C2C(F)CC(Cl)CC2F)CC1. The fourth-order valence-electron chi connectivity index (χ4n) is 3.48. The fraction of sp³-hybridized carbons (Fsp3) is 1.00. The number of hydrogen-bond acceptors (Lipinski definition) is 0. The summed E-state index contributed by atoms with van der Waals surface area (Å²) < 4.78 is 69.0. The van der Waals surface area contributed by atoms with E-state index in [1.807, 2.05) is 0 Å². The van der Waals surface area contributed by atoms with Crippen LogP contribution < -0.4 is 0 Å². The zero-order chi connectivity index (χ0) is 14.9. The summed E-state index contributed by atoms with van der Waals surface area (Å²) in [7, 11) is 0. The number of hydrogen-bond donors (Lipinski definition) is 0. The zero-order valence-corrected chi connectivity index (χ0v) is 11.9. The molecule has 0 aromatic rings. The molecule has 2 aliphatic rings. The normalized spacial score (nSPS) is 43.5. The second-order valence-corrected chi connectivity index (χ2v) is 6.83. The molecule has 20 heavy (non-hydrogen) atoms. The number of alkyl halides is 6. The van der Waals surface area contributed by atoms with Crippen molar-refractivity contribution in [1.29, 1.82) is 0 Å². The summed E-state index contributed by atoms with van der Waals surface area (Å²) in [4.78, 5) is 0. The molecule has 0 aromatic heterocycles. The molecule has 2 unspecified atom stereocenters. The van der Waals surface area contributed by atoms with Gasteiger partial charge in [0.2, 0.25) is 0 Å². The highest BCUT2D eigenvalue weighted by Gasteiger charge is 2.53. The molecule has 2 aliphatic carbocycles. The first kappa shape index (κ1) is 16.3. The van der Waals surface area contributed by atoms with Crippen LogP contribution in [0.1, 0.15) is 44.9 Å². The molecule has 2 fully saturated rings. The second-order valence-electron chi connectivity index (χ2n) is 6.21. The smallest absolute Gasteiger partial charge is 0.247 e. The van der Waals surface area contributed by atoms with Gasteiger partial charge in [-0.25, -0.2) is 22.0 Å². The van der Waals surface area contributed by atoms with Crippen LogP contribution in [0.2, 0.25) is 0 Å². The highest BCUT2D eigenvalue weighted by Crippen LogP contribution is 2.46. The van der Waals surface area contributed by atoms with Gasteiger partial charge < -0.3 is 0 Å². The van der Waals surface area contributed by atoms with E-state index in [2.05, 4.69) is 0 Å². The lowest BCUT2D eigenvalue weighted by atomic mass is 9.76. The quantitative estimate of drug-likeness (QED) is 0.493. The van der Waals surface area contributed by atoms with Gasteiger partial charge in [-0.05, 0) is 44.4 Å². The Labute approximate surface area is 121 Å². The highest BCUT2D eigenvalue weighted by molar-refractivity contribution is 6.20. The largest absolute Gasteiger partial charge is 0.256 e. The molecule has 0 radical (unpaired) electrons. The first-order valence-electron chi connectivity index (χ1n) is 7.23. The summed E-state index contributed by atoms with van der Waals surface area (Å²) in [6.45, 7) is 0. The maximum absolute atomic E-state index is 14.2. The maximum atomic E-state index is 14.2. The summed E-state index contributed by atoms with van der Waals surface area (Å²) in [5.41, 5.74) is 0. The third-order valence-corrected chi connectivity index (χ3v) is 4.92. The summed E-state index contributed by atoms with van der Waals surface area (Å²) >= 11 is 5.66. The van der Waals surface area contributed by atoms with Crippen molar-refractivity contribution in [3.05, 3.63) is 0 Å². The molecule has 0 N–H and O–H groups in total. The molecule has 2 rings (SSSR count). The van der Waals surface area contributed by atoms with Gasteiger partial charge in [-0.1, -0.05) is 0 Å². The van der Waals surface area contributed by atoms with Gasteiger partial charge in [-0.3, -0.25) is 0 Å². The lowest BCUT2D eigenvalue weighted by molar-refractivity contribution is -0.140. The van der Waals surface area contributed by atoms with E-state index in [-0.39, 0.29) is 31.6 Å². The molecular formula is C14H20ClF5. The molecule has 118 valence electrons. The topological polar surface area (TPSA) is 0 Å². The lowest BCUT2D eigenvalue weighted by Crippen LogP contribution is -2.47. The average Bonchev–Trinajstić information content (AvgIpc) is 2.30. The van der Waals surface area contributed by atoms with E-state index in [4.69, 9.17) is 11.6 Å². The van der Waals surface area contributed by atoms with E-state index >= 15 is 0 Å². The van der Waals surface area contributed by atoms with Crippen molar-refractivity contribution < 1.29 is 22.0 Å². The molecule has 0 amide bonds. The lowest BCUT2D eigenvalue weighted by Gasteiger charge is -2.39. The van der Waals surface area contributed by atoms with Crippen LogP contribution in [-0.2, 0) is 0 Å². The molecule has 0 nitrogen and oxygen atoms in total. The van der Waals surface area contributed by atoms with E-state index in [1.54, 1.807) is 0 Å². The van der Waals surface area contributed by atoms with E-state index in [0.717, 1.165) is 0 Å². The third kappa shape index (κ3) is 3.77. The predicted octanol–water partition coefficient (Wildman–Crippen LogP) is 5.23. The van der Waals surface area contributed by atoms with Crippen molar-refractivity contribution in [2.24, 2.45) is 11.8 Å². The van der Waals surface area contributed by atoms with Crippen molar-refractivity contribution in [2.75, 3.05) is 0 Å². The van der Waals surface area contributed by atoms with E-state index in [1.165, 1.54) is 0 Å². The number of rotatable bonds is 3. The van der Waals surface area contributed by atoms with Crippen LogP contribution in [0.25, 0.3) is 0 Å². The first-order valence-corrected chi connectivity index (χ1v) is 7.67. The Kier molecular flexibility index (Phi) is 5.19. The van der Waals surface area contributed by atoms with E-state index < -0.39 is 42.2 Å². The Morgan fingerprint density at radius 1 is 0.900 bits per heavy atom. The van der Waals surface area contributed by atoms with Crippen molar-refractivity contribution >= 4 is 11.6 Å². The van der Waals surface area contributed by atoms with Gasteiger partial charge in [-0.2, -0.15) is 0 Å². The van der Waals surface area contributed by atoms with Crippen LogP contribution in [0.3, 0.4) is 0 Å². The van der Waals surface area contributed by atoms with Gasteiger partial charge in [-0.15, -0.1) is 11.6 Å². The van der Waals surface area contributed by atoms with Gasteiger partial charge in [0.25, 0.3) is 5.92 Å². The average molecular weight is 319 g/mol. The van der Waals surface area contributed by atoms with Gasteiger partial charge in [0.15, 0.2) is 0 Å². The van der Waals surface area contributed by atoms with Gasteiger partial charge in [0, 0.05) is 11.8 Å². The third-order valence-electron chi connectivity index (χ3n) is 4.57. The van der Waals surface area contributed by atoms with Crippen LogP contribution in [0.4, 0.5) is 22.0 Å². The molecule has 0 aromatic carbocycles. The highest BCUT2D eigenvalue weighted by atomic mass is 35.5. The van der Waals surface area contributed by atoms with Crippen molar-refractivity contribution in [2.45, 2.75) is 74.8 Å². The zero-order valence-electron chi connectivity index (χ0n) is 11.2. The van der Waals surface area contributed by atoms with Crippen LogP contribution in [0.5, 0.6) is 0 Å². The summed E-state index contributed by atoms with van der Waals surface area (Å²) in [6, 6.07) is 0. The molecule has 6 heteroatoms. The van der Waals surface area contributed by atoms with Crippen LogP contribution in [0.15, 0.2) is 0 Å². The first-order chi connectivity index (χ1) is 9.29. The fourth-order valence-corrected chi connectivity index (χ4v) is 3.82. The molecule has 0 saturated heterocycles. The summed E-state index contributed by atoms with van der Waals surface area (Å²) in [5.74, 6) is -5.63. The summed E-state index contributed by atoms with van der Waals surface area (Å²) in [5, 5.41) is -0.714. The van der Waals surface area contributed by atoms with Crippen LogP contribution >= 0.6 is 11.6 Å². The summed E-state index contributed by atoms with van der Waals surface area (Å²) in [6.07, 6.45) is -4.44. The van der Waals surface area contributed by atoms with Crippen molar-refractivity contribution in [3.63, 3.8) is 0 Å². The number of halogens is 6. The molecule has 0 heterocycles. The Balaban J connectivity index is 1.98. The van der Waals surface area contributed by atoms with E-state index in [0.29, 0.717) is 12.8 Å². The molecule has 2 atom stereocenters. The minimum absolute atomic E-state index is 0.223. The second kappa shape index (κ2) is 6.37. The van der Waals surface area contributed by atoms with Gasteiger partial charge in [0.1, 0.15) is 18.5 Å². The standard InChI is InChI=1S/C14H20ClF5/c15-9-5-11(17)13(12(18)6-9)14(19,20)7-8-1-3-10(16)4-2-8/h8-13H,1-7H2. The van der Waals surface area contributed by atoms with E-state index in [9.17, 15) is 22.0 Å². The molecule has 0 bridgehead atoms. The Morgan fingerprint density at radius 3 is 1.90 bits per heavy atom. The Bertz CT molecular complexity index is 305. The molecule has 0 aliphatic heterocycles. The van der Waals surface area contributed by atoms with Gasteiger partial charge in [0.05, 0.1) is 5.92 Å². The molecular weight excluding hydrogens is 299 g/mol.